The van der Waals surface area contributed by atoms with E-state index in [-0.39, 0.29) is 17.9 Å². The fraction of sp³-hybridized carbons (Fsp3) is 0.407. The third kappa shape index (κ3) is 9.12. The number of anilines is 1. The second-order valence-electron chi connectivity index (χ2n) is 9.88. The summed E-state index contributed by atoms with van der Waals surface area (Å²) in [4.78, 5) is 38.8. The van der Waals surface area contributed by atoms with Gasteiger partial charge in [0, 0.05) is 43.2 Å². The lowest BCUT2D eigenvalue weighted by atomic mass is 10.1. The molecule has 4 rings (SSSR count). The van der Waals surface area contributed by atoms with Crippen LogP contribution < -0.4 is 5.32 Å². The van der Waals surface area contributed by atoms with Crippen molar-refractivity contribution >= 4 is 50.5 Å². The Morgan fingerprint density at radius 1 is 1.25 bits per heavy atom. The molecule has 1 unspecified atom stereocenters. The first-order chi connectivity index (χ1) is 18.8. The molecule has 1 aromatic carbocycles. The molecule has 1 saturated heterocycles. The molecule has 1 aliphatic heterocycles. The van der Waals surface area contributed by atoms with Crippen molar-refractivity contribution in [1.82, 2.24) is 24.3 Å². The number of likely N-dealkylation sites (N-methyl/N-ethyl adjacent to an activating group) is 1. The number of hydrogen-bond acceptors (Lipinski definition) is 7. The van der Waals surface area contributed by atoms with E-state index < -0.39 is 10.1 Å². The van der Waals surface area contributed by atoms with Gasteiger partial charge in [-0.15, -0.1) is 0 Å². The van der Waals surface area contributed by atoms with Crippen LogP contribution in [0.1, 0.15) is 41.4 Å². The summed E-state index contributed by atoms with van der Waals surface area (Å²) >= 11 is 6.63. The number of halogens is 1. The van der Waals surface area contributed by atoms with Crippen LogP contribution in [-0.4, -0.2) is 89.1 Å². The molecule has 1 atom stereocenters. The Balaban J connectivity index is 0.000000810. The number of imidazole rings is 1. The van der Waals surface area contributed by atoms with Gasteiger partial charge in [-0.05, 0) is 64.5 Å². The van der Waals surface area contributed by atoms with Gasteiger partial charge in [-0.3, -0.25) is 24.4 Å². The monoisotopic (exact) mass is 590 g/mol. The summed E-state index contributed by atoms with van der Waals surface area (Å²) in [6.45, 7) is 3.75. The molecule has 13 heteroatoms. The summed E-state index contributed by atoms with van der Waals surface area (Å²) in [5.74, 6) is 0.151. The molecule has 2 aromatic heterocycles. The van der Waals surface area contributed by atoms with E-state index >= 15 is 0 Å². The Morgan fingerprint density at radius 2 is 1.98 bits per heavy atom. The van der Waals surface area contributed by atoms with E-state index in [0.717, 1.165) is 30.5 Å². The highest BCUT2D eigenvalue weighted by molar-refractivity contribution is 7.85. The van der Waals surface area contributed by atoms with E-state index in [9.17, 15) is 18.0 Å². The van der Waals surface area contributed by atoms with Crippen LogP contribution in [0.25, 0.3) is 11.0 Å². The zero-order valence-corrected chi connectivity index (χ0v) is 24.6. The highest BCUT2D eigenvalue weighted by Gasteiger charge is 2.27. The number of para-hydroxylation sites is 1. The first-order valence-electron chi connectivity index (χ1n) is 12.8. The van der Waals surface area contributed by atoms with Crippen molar-refractivity contribution in [1.29, 1.82) is 0 Å². The number of carbonyl (C=O) groups is 2. The van der Waals surface area contributed by atoms with Gasteiger partial charge in [0.05, 0.1) is 28.4 Å². The van der Waals surface area contributed by atoms with Gasteiger partial charge >= 0.3 is 0 Å². The molecule has 3 heterocycles. The Morgan fingerprint density at radius 3 is 2.65 bits per heavy atom. The number of pyridine rings is 1. The van der Waals surface area contributed by atoms with Gasteiger partial charge in [-0.25, -0.2) is 4.98 Å². The van der Waals surface area contributed by atoms with Gasteiger partial charge in [0.15, 0.2) is 0 Å². The normalized spacial score (nSPS) is 16.1. The van der Waals surface area contributed by atoms with Gasteiger partial charge < -0.3 is 14.4 Å². The largest absolute Gasteiger partial charge is 0.337 e. The third-order valence-corrected chi connectivity index (χ3v) is 6.40. The topological polar surface area (TPSA) is 138 Å². The molecule has 0 saturated carbocycles. The molecule has 3 aromatic rings. The number of benzene rings is 1. The second kappa shape index (κ2) is 13.8. The van der Waals surface area contributed by atoms with Crippen molar-refractivity contribution in [2.24, 2.45) is 0 Å². The lowest BCUT2D eigenvalue weighted by molar-refractivity contribution is -0.126. The van der Waals surface area contributed by atoms with Crippen molar-refractivity contribution in [3.05, 3.63) is 65.0 Å². The number of fused-ring (bicyclic) bond motifs is 1. The van der Waals surface area contributed by atoms with Crippen LogP contribution in [0.5, 0.6) is 0 Å². The maximum atomic E-state index is 13.1. The van der Waals surface area contributed by atoms with Crippen LogP contribution >= 0.6 is 11.6 Å². The van der Waals surface area contributed by atoms with E-state index in [2.05, 4.69) is 10.3 Å². The van der Waals surface area contributed by atoms with Gasteiger partial charge in [-0.1, -0.05) is 23.7 Å². The maximum absolute atomic E-state index is 13.1. The number of carbonyl (C=O) groups excluding carboxylic acids is 2. The molecule has 1 fully saturated rings. The fourth-order valence-corrected chi connectivity index (χ4v) is 4.67. The fourth-order valence-electron chi connectivity index (χ4n) is 4.41. The standard InChI is InChI=1S/C26H31ClN6O2.CH4O3S/c1-18-16-19(12-13-28-18)25(35)30-26-29-22-10-6-9-21(27)24(22)33(26)20-8-4-5-15-32(17-20)23(34)11-7-14-31(2)3;1-5(2,3)4/h6-7,9-13,16,20H,4-5,8,14-15,17H2,1-3H3,(H,29,30,35);1H3,(H,2,3,4)/b11-7+;. The van der Waals surface area contributed by atoms with Crippen LogP contribution in [-0.2, 0) is 14.9 Å². The van der Waals surface area contributed by atoms with Gasteiger partial charge in [0.2, 0.25) is 11.9 Å². The quantitative estimate of drug-likeness (QED) is 0.326. The zero-order chi connectivity index (χ0) is 29.4. The smallest absolute Gasteiger partial charge is 0.261 e. The molecule has 2 N–H and O–H groups in total. The summed E-state index contributed by atoms with van der Waals surface area (Å²) in [5, 5.41) is 3.54. The number of rotatable bonds is 6. The summed E-state index contributed by atoms with van der Waals surface area (Å²) < 4.78 is 27.9. The molecule has 0 radical (unpaired) electrons. The molecular weight excluding hydrogens is 556 g/mol. The van der Waals surface area contributed by atoms with Crippen molar-refractivity contribution in [2.45, 2.75) is 32.2 Å². The summed E-state index contributed by atoms with van der Waals surface area (Å²) in [6, 6.07) is 8.88. The zero-order valence-electron chi connectivity index (χ0n) is 23.0. The van der Waals surface area contributed by atoms with E-state index in [1.54, 1.807) is 24.4 Å². The van der Waals surface area contributed by atoms with Crippen LogP contribution in [0.2, 0.25) is 5.02 Å². The molecule has 0 spiro atoms. The van der Waals surface area contributed by atoms with E-state index in [1.807, 2.05) is 59.7 Å². The van der Waals surface area contributed by atoms with Gasteiger partial charge in [0.25, 0.3) is 16.0 Å². The minimum absolute atomic E-state index is 0.00730. The Bertz CT molecular complexity index is 1480. The average Bonchev–Trinajstić information content (AvgIpc) is 3.04. The summed E-state index contributed by atoms with van der Waals surface area (Å²) in [5.41, 5.74) is 2.73. The summed E-state index contributed by atoms with van der Waals surface area (Å²) in [6.07, 6.45) is 8.58. The minimum atomic E-state index is -3.67. The highest BCUT2D eigenvalue weighted by Crippen LogP contribution is 2.34. The number of hydrogen-bond donors (Lipinski definition) is 2. The van der Waals surface area contributed by atoms with Gasteiger partial charge in [-0.2, -0.15) is 8.42 Å². The average molecular weight is 591 g/mol. The van der Waals surface area contributed by atoms with Crippen molar-refractivity contribution in [2.75, 3.05) is 45.3 Å². The number of nitrogens with one attached hydrogen (secondary N) is 1. The van der Waals surface area contributed by atoms with E-state index in [0.29, 0.717) is 47.9 Å². The van der Waals surface area contributed by atoms with Crippen LogP contribution in [0.3, 0.4) is 0 Å². The molecule has 2 amide bonds. The predicted molar refractivity (Wildman–Crippen MR) is 156 cm³/mol. The molecular formula is C27H35ClN6O5S. The van der Waals surface area contributed by atoms with E-state index in [1.165, 1.54) is 0 Å². The molecule has 11 nitrogen and oxygen atoms in total. The number of aromatic nitrogens is 3. The SMILES string of the molecule is CS(=O)(=O)O.Cc1cc(C(=O)Nc2nc3cccc(Cl)c3n2C2CCCCN(C(=O)/C=C/CN(C)C)C2)ccn1. The van der Waals surface area contributed by atoms with Crippen LogP contribution in [0.15, 0.2) is 48.7 Å². The van der Waals surface area contributed by atoms with Crippen molar-refractivity contribution in [3.8, 4) is 0 Å². The van der Waals surface area contributed by atoms with E-state index in [4.69, 9.17) is 21.1 Å². The second-order valence-corrected chi connectivity index (χ2v) is 11.8. The number of likely N-dealkylation sites (tertiary alicyclic amines) is 1. The van der Waals surface area contributed by atoms with Gasteiger partial charge in [0.1, 0.15) is 0 Å². The van der Waals surface area contributed by atoms with Crippen molar-refractivity contribution in [3.63, 3.8) is 0 Å². The Hall–Kier alpha value is -3.32. The number of aryl methyl sites for hydroxylation is 1. The molecule has 0 aliphatic carbocycles. The molecule has 0 bridgehead atoms. The first-order valence-corrected chi connectivity index (χ1v) is 15.0. The summed E-state index contributed by atoms with van der Waals surface area (Å²) in [7, 11) is 0.265. The third-order valence-electron chi connectivity index (χ3n) is 6.10. The first kappa shape index (κ1) is 31.2. The lowest BCUT2D eigenvalue weighted by Gasteiger charge is -2.26. The Kier molecular flexibility index (Phi) is 10.8. The Labute approximate surface area is 239 Å². The lowest BCUT2D eigenvalue weighted by Crippen LogP contribution is -2.34. The molecule has 40 heavy (non-hydrogen) atoms. The number of amides is 2. The van der Waals surface area contributed by atoms with Crippen molar-refractivity contribution < 1.29 is 22.6 Å². The molecule has 1 aliphatic rings. The number of nitrogens with zero attached hydrogens (tertiary/aromatic N) is 5. The molecule has 216 valence electrons. The predicted octanol–water partition coefficient (Wildman–Crippen LogP) is 3.82. The maximum Gasteiger partial charge on any atom is 0.261 e. The minimum Gasteiger partial charge on any atom is -0.337 e. The van der Waals surface area contributed by atoms with Crippen LogP contribution in [0.4, 0.5) is 5.95 Å². The highest BCUT2D eigenvalue weighted by atomic mass is 35.5. The van der Waals surface area contributed by atoms with Crippen LogP contribution in [0, 0.1) is 6.92 Å².